The molecule has 0 atom stereocenters. The second kappa shape index (κ2) is 5.76. The van der Waals surface area contributed by atoms with Crippen LogP contribution in [-0.4, -0.2) is 23.5 Å². The minimum absolute atomic E-state index is 0.0437. The fourth-order valence-corrected chi connectivity index (χ4v) is 4.40. The van der Waals surface area contributed by atoms with Crippen molar-refractivity contribution in [3.8, 4) is 0 Å². The summed E-state index contributed by atoms with van der Waals surface area (Å²) in [7, 11) is 0. The van der Waals surface area contributed by atoms with Gasteiger partial charge >= 0.3 is 5.97 Å². The fraction of sp³-hybridized carbons (Fsp3) is 0.400. The average Bonchev–Trinajstić information content (AvgIpc) is 3.33. The van der Waals surface area contributed by atoms with E-state index in [1.54, 1.807) is 4.90 Å². The highest BCUT2D eigenvalue weighted by atomic mass is 16.4. The van der Waals surface area contributed by atoms with E-state index in [1.165, 1.54) is 24.5 Å². The molecule has 1 aromatic heterocycles. The molecule has 5 nitrogen and oxygen atoms in total. The SMILES string of the molecule is CCc1oc(C(=O)N2CC3(CCCC3)c3ccccc32)cc1C(=O)O. The molecule has 0 saturated heterocycles. The first kappa shape index (κ1) is 15.9. The Morgan fingerprint density at radius 1 is 1.24 bits per heavy atom. The molecule has 0 bridgehead atoms. The average molecular weight is 339 g/mol. The number of hydrogen-bond acceptors (Lipinski definition) is 3. The molecule has 1 aliphatic carbocycles. The summed E-state index contributed by atoms with van der Waals surface area (Å²) in [5.74, 6) is -0.856. The minimum atomic E-state index is -1.06. The Balaban J connectivity index is 1.73. The molecule has 1 aliphatic heterocycles. The molecule has 130 valence electrons. The third kappa shape index (κ3) is 2.37. The van der Waals surface area contributed by atoms with Crippen molar-refractivity contribution >= 4 is 17.6 Å². The zero-order valence-corrected chi connectivity index (χ0v) is 14.2. The van der Waals surface area contributed by atoms with E-state index in [-0.39, 0.29) is 22.6 Å². The number of carbonyl (C=O) groups excluding carboxylic acids is 1. The normalized spacial score (nSPS) is 17.9. The first-order chi connectivity index (χ1) is 12.1. The number of benzene rings is 1. The predicted molar refractivity (Wildman–Crippen MR) is 93.3 cm³/mol. The number of carboxylic acid groups (broad SMARTS) is 1. The molecule has 1 fully saturated rings. The predicted octanol–water partition coefficient (Wildman–Crippen LogP) is 4.01. The standard InChI is InChI=1S/C20H21NO4/c1-2-16-13(19(23)24)11-17(25-16)18(22)21-12-20(9-5-6-10-20)14-7-3-4-8-15(14)21/h3-4,7-8,11H,2,5-6,9-10,12H2,1H3,(H,23,24). The van der Waals surface area contributed by atoms with Gasteiger partial charge in [0.2, 0.25) is 0 Å². The van der Waals surface area contributed by atoms with Gasteiger partial charge in [0.05, 0.1) is 0 Å². The van der Waals surface area contributed by atoms with E-state index < -0.39 is 5.97 Å². The minimum Gasteiger partial charge on any atom is -0.478 e. The number of amides is 1. The van der Waals surface area contributed by atoms with Gasteiger partial charge in [0, 0.05) is 30.1 Å². The summed E-state index contributed by atoms with van der Waals surface area (Å²) in [6.45, 7) is 2.47. The molecule has 0 radical (unpaired) electrons. The maximum Gasteiger partial charge on any atom is 0.339 e. The van der Waals surface area contributed by atoms with Crippen LogP contribution >= 0.6 is 0 Å². The Labute approximate surface area is 146 Å². The Morgan fingerprint density at radius 3 is 2.60 bits per heavy atom. The van der Waals surface area contributed by atoms with Gasteiger partial charge < -0.3 is 14.4 Å². The molecular formula is C20H21NO4. The molecule has 1 spiro atoms. The molecule has 2 aromatic rings. The molecule has 1 aromatic carbocycles. The van der Waals surface area contributed by atoms with Crippen molar-refractivity contribution in [3.05, 3.63) is 53.0 Å². The highest BCUT2D eigenvalue weighted by molar-refractivity contribution is 6.07. The maximum absolute atomic E-state index is 13.1. The molecule has 0 unspecified atom stereocenters. The van der Waals surface area contributed by atoms with Crippen LogP contribution in [0.5, 0.6) is 0 Å². The van der Waals surface area contributed by atoms with Crippen LogP contribution in [0.4, 0.5) is 5.69 Å². The van der Waals surface area contributed by atoms with Crippen LogP contribution in [0.1, 0.15) is 64.8 Å². The number of furan rings is 1. The van der Waals surface area contributed by atoms with Crippen LogP contribution in [-0.2, 0) is 11.8 Å². The van der Waals surface area contributed by atoms with Gasteiger partial charge in [-0.25, -0.2) is 4.79 Å². The van der Waals surface area contributed by atoms with Crippen LogP contribution in [0.3, 0.4) is 0 Å². The highest BCUT2D eigenvalue weighted by Crippen LogP contribution is 2.50. The number of nitrogens with zero attached hydrogens (tertiary/aromatic N) is 1. The van der Waals surface area contributed by atoms with Crippen LogP contribution in [0.2, 0.25) is 0 Å². The third-order valence-corrected chi connectivity index (χ3v) is 5.60. The lowest BCUT2D eigenvalue weighted by Crippen LogP contribution is -2.35. The van der Waals surface area contributed by atoms with Crippen LogP contribution in [0.25, 0.3) is 0 Å². The van der Waals surface area contributed by atoms with E-state index in [1.807, 2.05) is 25.1 Å². The third-order valence-electron chi connectivity index (χ3n) is 5.60. The molecule has 4 rings (SSSR count). The number of aromatic carboxylic acids is 1. The van der Waals surface area contributed by atoms with E-state index in [0.717, 1.165) is 18.5 Å². The van der Waals surface area contributed by atoms with Gasteiger partial charge in [-0.1, -0.05) is 38.0 Å². The summed E-state index contributed by atoms with van der Waals surface area (Å²) in [5, 5.41) is 9.30. The smallest absolute Gasteiger partial charge is 0.339 e. The fourth-order valence-electron chi connectivity index (χ4n) is 4.40. The van der Waals surface area contributed by atoms with Gasteiger partial charge in [0.1, 0.15) is 11.3 Å². The number of para-hydroxylation sites is 1. The number of carboxylic acids is 1. The summed E-state index contributed by atoms with van der Waals surface area (Å²) in [4.78, 5) is 26.2. The Kier molecular flexibility index (Phi) is 3.67. The van der Waals surface area contributed by atoms with Gasteiger partial charge in [-0.15, -0.1) is 0 Å². The van der Waals surface area contributed by atoms with Crippen LogP contribution < -0.4 is 4.90 Å². The number of carbonyl (C=O) groups is 2. The molecule has 2 aliphatic rings. The van der Waals surface area contributed by atoms with Crippen molar-refractivity contribution in [1.29, 1.82) is 0 Å². The molecular weight excluding hydrogens is 318 g/mol. The number of hydrogen-bond donors (Lipinski definition) is 1. The molecule has 5 heteroatoms. The molecule has 1 N–H and O–H groups in total. The van der Waals surface area contributed by atoms with Crippen LogP contribution in [0.15, 0.2) is 34.7 Å². The molecule has 1 amide bonds. The number of anilines is 1. The number of rotatable bonds is 3. The second-order valence-electron chi connectivity index (χ2n) is 7.00. The van der Waals surface area contributed by atoms with E-state index >= 15 is 0 Å². The zero-order chi connectivity index (χ0) is 17.6. The van der Waals surface area contributed by atoms with Gasteiger partial charge in [-0.3, -0.25) is 4.79 Å². The van der Waals surface area contributed by atoms with Gasteiger partial charge in [0.25, 0.3) is 5.91 Å². The summed E-state index contributed by atoms with van der Waals surface area (Å²) in [6.07, 6.45) is 4.98. The van der Waals surface area contributed by atoms with Gasteiger partial charge in [0.15, 0.2) is 5.76 Å². The summed E-state index contributed by atoms with van der Waals surface area (Å²) >= 11 is 0. The van der Waals surface area contributed by atoms with E-state index in [2.05, 4.69) is 6.07 Å². The van der Waals surface area contributed by atoms with Crippen molar-refractivity contribution < 1.29 is 19.1 Å². The van der Waals surface area contributed by atoms with E-state index in [0.29, 0.717) is 18.7 Å². The van der Waals surface area contributed by atoms with Gasteiger partial charge in [-0.2, -0.15) is 0 Å². The van der Waals surface area contributed by atoms with Crippen molar-refractivity contribution in [2.75, 3.05) is 11.4 Å². The molecule has 1 saturated carbocycles. The molecule has 25 heavy (non-hydrogen) atoms. The topological polar surface area (TPSA) is 70.8 Å². The summed E-state index contributed by atoms with van der Waals surface area (Å²) in [5.41, 5.74) is 2.29. The first-order valence-corrected chi connectivity index (χ1v) is 8.83. The number of aryl methyl sites for hydroxylation is 1. The summed E-state index contributed by atoms with van der Waals surface area (Å²) in [6, 6.07) is 9.43. The van der Waals surface area contributed by atoms with Crippen molar-refractivity contribution in [2.24, 2.45) is 0 Å². The van der Waals surface area contributed by atoms with E-state index in [4.69, 9.17) is 4.42 Å². The van der Waals surface area contributed by atoms with Crippen LogP contribution in [0, 0.1) is 0 Å². The second-order valence-corrected chi connectivity index (χ2v) is 7.00. The molecule has 2 heterocycles. The number of fused-ring (bicyclic) bond motifs is 2. The van der Waals surface area contributed by atoms with Gasteiger partial charge in [-0.05, 0) is 24.5 Å². The maximum atomic E-state index is 13.1. The Bertz CT molecular complexity index is 845. The van der Waals surface area contributed by atoms with Crippen molar-refractivity contribution in [2.45, 2.75) is 44.4 Å². The van der Waals surface area contributed by atoms with E-state index in [9.17, 15) is 14.7 Å². The Hall–Kier alpha value is -2.56. The quantitative estimate of drug-likeness (QED) is 0.917. The summed E-state index contributed by atoms with van der Waals surface area (Å²) < 4.78 is 5.59. The lowest BCUT2D eigenvalue weighted by Gasteiger charge is -2.24. The zero-order valence-electron chi connectivity index (χ0n) is 14.2. The van der Waals surface area contributed by atoms with Crippen molar-refractivity contribution in [3.63, 3.8) is 0 Å². The van der Waals surface area contributed by atoms with Crippen molar-refractivity contribution in [1.82, 2.24) is 0 Å². The lowest BCUT2D eigenvalue weighted by molar-refractivity contribution is 0.0694. The lowest BCUT2D eigenvalue weighted by atomic mass is 9.81. The highest BCUT2D eigenvalue weighted by Gasteiger charge is 2.46. The Morgan fingerprint density at radius 2 is 1.96 bits per heavy atom. The monoisotopic (exact) mass is 339 g/mol. The first-order valence-electron chi connectivity index (χ1n) is 8.83. The largest absolute Gasteiger partial charge is 0.478 e.